The van der Waals surface area contributed by atoms with Crippen LogP contribution >= 0.6 is 0 Å². The second kappa shape index (κ2) is 7.88. The number of hydrogen-bond donors (Lipinski definition) is 0. The molecule has 1 heterocycles. The zero-order chi connectivity index (χ0) is 15.9. The van der Waals surface area contributed by atoms with Crippen LogP contribution in [0, 0.1) is 0 Å². The molecule has 2 aromatic carbocycles. The molecule has 122 valence electrons. The van der Waals surface area contributed by atoms with Crippen LogP contribution in [0.25, 0.3) is 0 Å². The van der Waals surface area contributed by atoms with Gasteiger partial charge in [0, 0.05) is 38.4 Å². The Morgan fingerprint density at radius 1 is 0.826 bits per heavy atom. The van der Waals surface area contributed by atoms with Crippen molar-refractivity contribution < 1.29 is 9.47 Å². The first kappa shape index (κ1) is 15.7. The fourth-order valence-corrected chi connectivity index (χ4v) is 2.89. The van der Waals surface area contributed by atoms with Crippen LogP contribution in [-0.4, -0.2) is 51.3 Å². The van der Waals surface area contributed by atoms with Gasteiger partial charge in [0.2, 0.25) is 0 Å². The van der Waals surface area contributed by atoms with Gasteiger partial charge < -0.3 is 14.4 Å². The van der Waals surface area contributed by atoms with E-state index >= 15 is 0 Å². The summed E-state index contributed by atoms with van der Waals surface area (Å²) >= 11 is 0. The minimum atomic E-state index is 0.686. The van der Waals surface area contributed by atoms with Gasteiger partial charge in [-0.15, -0.1) is 0 Å². The van der Waals surface area contributed by atoms with Crippen LogP contribution in [0.2, 0.25) is 0 Å². The van der Waals surface area contributed by atoms with E-state index in [1.807, 2.05) is 24.3 Å². The predicted molar refractivity (Wildman–Crippen MR) is 93.6 cm³/mol. The molecule has 0 radical (unpaired) electrons. The van der Waals surface area contributed by atoms with Crippen molar-refractivity contribution in [2.45, 2.75) is 0 Å². The van der Waals surface area contributed by atoms with Gasteiger partial charge in [0.1, 0.15) is 6.61 Å². The van der Waals surface area contributed by atoms with E-state index in [0.29, 0.717) is 6.61 Å². The standard InChI is InChI=1S/C19H24N2O2/c1-22-18-9-5-6-10-19(18)23-16-15-20-11-13-21(14-12-20)17-7-3-2-4-8-17/h2-10H,11-16H2,1H3. The van der Waals surface area contributed by atoms with Crippen molar-refractivity contribution in [1.29, 1.82) is 0 Å². The fourth-order valence-electron chi connectivity index (χ4n) is 2.89. The maximum atomic E-state index is 5.86. The van der Waals surface area contributed by atoms with E-state index in [2.05, 4.69) is 40.1 Å². The van der Waals surface area contributed by atoms with Crippen molar-refractivity contribution >= 4 is 5.69 Å². The fraction of sp³-hybridized carbons (Fsp3) is 0.368. The summed E-state index contributed by atoms with van der Waals surface area (Å²) in [7, 11) is 1.67. The zero-order valence-corrected chi connectivity index (χ0v) is 13.6. The number of anilines is 1. The Bertz CT molecular complexity index is 595. The van der Waals surface area contributed by atoms with E-state index in [9.17, 15) is 0 Å². The molecule has 0 spiro atoms. The first-order chi connectivity index (χ1) is 11.4. The topological polar surface area (TPSA) is 24.9 Å². The molecule has 1 fully saturated rings. The third-order valence-electron chi connectivity index (χ3n) is 4.23. The lowest BCUT2D eigenvalue weighted by molar-refractivity contribution is 0.197. The largest absolute Gasteiger partial charge is 0.493 e. The summed E-state index contributed by atoms with van der Waals surface area (Å²) in [5.74, 6) is 1.61. The van der Waals surface area contributed by atoms with Crippen LogP contribution in [0.4, 0.5) is 5.69 Å². The summed E-state index contributed by atoms with van der Waals surface area (Å²) in [5.41, 5.74) is 1.32. The van der Waals surface area contributed by atoms with Gasteiger partial charge in [0.25, 0.3) is 0 Å². The lowest BCUT2D eigenvalue weighted by atomic mass is 10.2. The molecule has 0 unspecified atom stereocenters. The number of rotatable bonds is 6. The first-order valence-corrected chi connectivity index (χ1v) is 8.15. The molecule has 3 rings (SSSR count). The van der Waals surface area contributed by atoms with Gasteiger partial charge in [0.15, 0.2) is 11.5 Å². The quantitative estimate of drug-likeness (QED) is 0.819. The molecule has 23 heavy (non-hydrogen) atoms. The summed E-state index contributed by atoms with van der Waals surface area (Å²) in [5, 5.41) is 0. The Labute approximate surface area is 138 Å². The van der Waals surface area contributed by atoms with Crippen molar-refractivity contribution in [3.05, 3.63) is 54.6 Å². The monoisotopic (exact) mass is 312 g/mol. The molecule has 1 saturated heterocycles. The minimum Gasteiger partial charge on any atom is -0.493 e. The summed E-state index contributed by atoms with van der Waals surface area (Å²) in [6, 6.07) is 18.4. The summed E-state index contributed by atoms with van der Waals surface area (Å²) in [4.78, 5) is 4.90. The van der Waals surface area contributed by atoms with Crippen LogP contribution in [0.1, 0.15) is 0 Å². The van der Waals surface area contributed by atoms with Gasteiger partial charge in [-0.3, -0.25) is 4.90 Å². The molecule has 0 aromatic heterocycles. The van der Waals surface area contributed by atoms with E-state index in [0.717, 1.165) is 44.2 Å². The van der Waals surface area contributed by atoms with E-state index in [1.54, 1.807) is 7.11 Å². The summed E-state index contributed by atoms with van der Waals surface area (Å²) in [6.07, 6.45) is 0. The van der Waals surface area contributed by atoms with E-state index in [-0.39, 0.29) is 0 Å². The third-order valence-corrected chi connectivity index (χ3v) is 4.23. The SMILES string of the molecule is COc1ccccc1OCCN1CCN(c2ccccc2)CC1. The van der Waals surface area contributed by atoms with Crippen molar-refractivity contribution in [1.82, 2.24) is 4.90 Å². The van der Waals surface area contributed by atoms with Crippen LogP contribution in [0.3, 0.4) is 0 Å². The Hall–Kier alpha value is -2.20. The Morgan fingerprint density at radius 3 is 2.17 bits per heavy atom. The molecule has 0 aliphatic carbocycles. The summed E-state index contributed by atoms with van der Waals surface area (Å²) in [6.45, 7) is 5.91. The number of benzene rings is 2. The molecule has 0 N–H and O–H groups in total. The van der Waals surface area contributed by atoms with Gasteiger partial charge in [-0.1, -0.05) is 30.3 Å². The van der Waals surface area contributed by atoms with Gasteiger partial charge in [-0.2, -0.15) is 0 Å². The highest BCUT2D eigenvalue weighted by molar-refractivity contribution is 5.46. The predicted octanol–water partition coefficient (Wildman–Crippen LogP) is 2.90. The first-order valence-electron chi connectivity index (χ1n) is 8.15. The van der Waals surface area contributed by atoms with Crippen LogP contribution in [0.5, 0.6) is 11.5 Å². The molecule has 2 aromatic rings. The molecule has 4 nitrogen and oxygen atoms in total. The molecule has 0 saturated carbocycles. The molecule has 1 aliphatic heterocycles. The van der Waals surface area contributed by atoms with Gasteiger partial charge in [0.05, 0.1) is 7.11 Å². The second-order valence-electron chi connectivity index (χ2n) is 5.66. The van der Waals surface area contributed by atoms with Crippen molar-refractivity contribution in [2.75, 3.05) is 51.3 Å². The number of piperazine rings is 1. The zero-order valence-electron chi connectivity index (χ0n) is 13.6. The highest BCUT2D eigenvalue weighted by Crippen LogP contribution is 2.25. The molecular weight excluding hydrogens is 288 g/mol. The highest BCUT2D eigenvalue weighted by atomic mass is 16.5. The van der Waals surface area contributed by atoms with Crippen LogP contribution in [0.15, 0.2) is 54.6 Å². The number of para-hydroxylation sites is 3. The molecule has 1 aliphatic rings. The minimum absolute atomic E-state index is 0.686. The maximum absolute atomic E-state index is 5.86. The van der Waals surface area contributed by atoms with Crippen molar-refractivity contribution in [2.24, 2.45) is 0 Å². The molecular formula is C19H24N2O2. The molecule has 0 bridgehead atoms. The highest BCUT2D eigenvalue weighted by Gasteiger charge is 2.16. The van der Waals surface area contributed by atoms with Gasteiger partial charge in [-0.25, -0.2) is 0 Å². The Morgan fingerprint density at radius 2 is 1.48 bits per heavy atom. The second-order valence-corrected chi connectivity index (χ2v) is 5.66. The number of ether oxygens (including phenoxy) is 2. The number of hydrogen-bond acceptors (Lipinski definition) is 4. The Kier molecular flexibility index (Phi) is 5.37. The van der Waals surface area contributed by atoms with Crippen molar-refractivity contribution in [3.8, 4) is 11.5 Å². The van der Waals surface area contributed by atoms with Crippen molar-refractivity contribution in [3.63, 3.8) is 0 Å². The van der Waals surface area contributed by atoms with Crippen LogP contribution in [-0.2, 0) is 0 Å². The lowest BCUT2D eigenvalue weighted by Gasteiger charge is -2.36. The smallest absolute Gasteiger partial charge is 0.161 e. The lowest BCUT2D eigenvalue weighted by Crippen LogP contribution is -2.47. The average Bonchev–Trinajstić information content (AvgIpc) is 2.63. The number of methoxy groups -OCH3 is 1. The van der Waals surface area contributed by atoms with E-state index < -0.39 is 0 Å². The average molecular weight is 312 g/mol. The third kappa shape index (κ3) is 4.17. The summed E-state index contributed by atoms with van der Waals surface area (Å²) < 4.78 is 11.2. The Balaban J connectivity index is 1.43. The number of nitrogens with zero attached hydrogens (tertiary/aromatic N) is 2. The molecule has 4 heteroatoms. The van der Waals surface area contributed by atoms with E-state index in [4.69, 9.17) is 9.47 Å². The van der Waals surface area contributed by atoms with Gasteiger partial charge >= 0.3 is 0 Å². The van der Waals surface area contributed by atoms with Crippen LogP contribution < -0.4 is 14.4 Å². The van der Waals surface area contributed by atoms with E-state index in [1.165, 1.54) is 5.69 Å². The normalized spacial score (nSPS) is 15.4. The molecule has 0 amide bonds. The molecule has 0 atom stereocenters. The van der Waals surface area contributed by atoms with Gasteiger partial charge in [-0.05, 0) is 24.3 Å². The maximum Gasteiger partial charge on any atom is 0.161 e.